The van der Waals surface area contributed by atoms with Crippen molar-refractivity contribution in [3.05, 3.63) is 54.1 Å². The molecule has 0 aliphatic heterocycles. The van der Waals surface area contributed by atoms with E-state index in [2.05, 4.69) is 5.32 Å². The summed E-state index contributed by atoms with van der Waals surface area (Å²) in [6.07, 6.45) is 1.80. The fourth-order valence-corrected chi connectivity index (χ4v) is 4.04. The maximum atomic E-state index is 13.2. The summed E-state index contributed by atoms with van der Waals surface area (Å²) < 4.78 is 33.0. The number of carbonyl (C=O) groups excluding carboxylic acids is 1. The number of aryl methyl sites for hydroxylation is 1. The first-order chi connectivity index (χ1) is 13.4. The Kier molecular flexibility index (Phi) is 7.87. The Morgan fingerprint density at radius 2 is 1.68 bits per heavy atom. The number of amides is 1. The number of ether oxygens (including phenoxy) is 1. The summed E-state index contributed by atoms with van der Waals surface area (Å²) in [6, 6.07) is 13.3. The van der Waals surface area contributed by atoms with Gasteiger partial charge >= 0.3 is 0 Å². The van der Waals surface area contributed by atoms with Crippen LogP contribution in [0.2, 0.25) is 0 Å². The molecule has 0 unspecified atom stereocenters. The van der Waals surface area contributed by atoms with Crippen LogP contribution in [0, 0.1) is 6.92 Å². The molecular formula is C21H28N2O4S. The summed E-state index contributed by atoms with van der Waals surface area (Å²) >= 11 is 0. The third-order valence-electron chi connectivity index (χ3n) is 4.18. The highest BCUT2D eigenvalue weighted by atomic mass is 32.2. The van der Waals surface area contributed by atoms with E-state index in [-0.39, 0.29) is 17.3 Å². The fraction of sp³-hybridized carbons (Fsp3) is 0.381. The highest BCUT2D eigenvalue weighted by Gasteiger charge is 2.27. The van der Waals surface area contributed by atoms with Gasteiger partial charge < -0.3 is 10.1 Å². The van der Waals surface area contributed by atoms with Crippen molar-refractivity contribution < 1.29 is 17.9 Å². The standard InChI is InChI=1S/C21H28N2O4S/c1-4-6-15-22-21(24)16-23(18-9-11-19(12-10-18)27-5-2)28(25,26)20-13-7-17(3)8-14-20/h7-14H,4-6,15-16H2,1-3H3,(H,22,24). The van der Waals surface area contributed by atoms with Gasteiger partial charge in [0, 0.05) is 6.54 Å². The molecular weight excluding hydrogens is 376 g/mol. The van der Waals surface area contributed by atoms with Gasteiger partial charge in [0.2, 0.25) is 5.91 Å². The molecule has 0 saturated carbocycles. The fourth-order valence-electron chi connectivity index (χ4n) is 2.62. The van der Waals surface area contributed by atoms with Crippen LogP contribution in [0.3, 0.4) is 0 Å². The van der Waals surface area contributed by atoms with Gasteiger partial charge in [-0.05, 0) is 56.7 Å². The van der Waals surface area contributed by atoms with Gasteiger partial charge in [0.25, 0.3) is 10.0 Å². The van der Waals surface area contributed by atoms with Crippen molar-refractivity contribution in [3.8, 4) is 5.75 Å². The molecule has 0 heterocycles. The van der Waals surface area contributed by atoms with E-state index in [0.29, 0.717) is 24.6 Å². The van der Waals surface area contributed by atoms with Crippen molar-refractivity contribution in [3.63, 3.8) is 0 Å². The number of nitrogens with one attached hydrogen (secondary N) is 1. The van der Waals surface area contributed by atoms with Crippen LogP contribution in [0.4, 0.5) is 5.69 Å². The van der Waals surface area contributed by atoms with Crippen molar-refractivity contribution in [1.29, 1.82) is 0 Å². The van der Waals surface area contributed by atoms with Crippen LogP contribution in [-0.2, 0) is 14.8 Å². The lowest BCUT2D eigenvalue weighted by atomic mass is 10.2. The predicted octanol–water partition coefficient (Wildman–Crippen LogP) is 3.51. The Balaban J connectivity index is 2.34. The van der Waals surface area contributed by atoms with Gasteiger partial charge in [-0.1, -0.05) is 31.0 Å². The molecule has 6 nitrogen and oxygen atoms in total. The first kappa shape index (κ1) is 21.8. The van der Waals surface area contributed by atoms with Gasteiger partial charge in [0.15, 0.2) is 0 Å². The summed E-state index contributed by atoms with van der Waals surface area (Å²) in [5.74, 6) is 0.310. The van der Waals surface area contributed by atoms with Crippen LogP contribution in [0.25, 0.3) is 0 Å². The zero-order chi connectivity index (χ0) is 20.6. The Labute approximate surface area is 167 Å². The molecule has 28 heavy (non-hydrogen) atoms. The first-order valence-electron chi connectivity index (χ1n) is 9.47. The second-order valence-electron chi connectivity index (χ2n) is 6.46. The average Bonchev–Trinajstić information content (AvgIpc) is 2.67. The van der Waals surface area contributed by atoms with Gasteiger partial charge in [-0.15, -0.1) is 0 Å². The second kappa shape index (κ2) is 10.1. The number of hydrogen-bond donors (Lipinski definition) is 1. The molecule has 0 bridgehead atoms. The molecule has 0 aliphatic rings. The largest absolute Gasteiger partial charge is 0.494 e. The molecule has 0 fully saturated rings. The Hall–Kier alpha value is -2.54. The SMILES string of the molecule is CCCCNC(=O)CN(c1ccc(OCC)cc1)S(=O)(=O)c1ccc(C)cc1. The zero-order valence-electron chi connectivity index (χ0n) is 16.6. The summed E-state index contributed by atoms with van der Waals surface area (Å²) in [7, 11) is -3.89. The molecule has 2 aromatic carbocycles. The van der Waals surface area contributed by atoms with Crippen LogP contribution in [0.5, 0.6) is 5.75 Å². The molecule has 0 saturated heterocycles. The van der Waals surface area contributed by atoms with Gasteiger partial charge in [-0.2, -0.15) is 0 Å². The first-order valence-corrected chi connectivity index (χ1v) is 10.9. The van der Waals surface area contributed by atoms with Crippen molar-refractivity contribution in [2.45, 2.75) is 38.5 Å². The Morgan fingerprint density at radius 1 is 1.04 bits per heavy atom. The van der Waals surface area contributed by atoms with E-state index >= 15 is 0 Å². The summed E-state index contributed by atoms with van der Waals surface area (Å²) in [6.45, 7) is 6.56. The van der Waals surface area contributed by atoms with E-state index in [9.17, 15) is 13.2 Å². The minimum atomic E-state index is -3.89. The maximum Gasteiger partial charge on any atom is 0.264 e. The number of nitrogens with zero attached hydrogens (tertiary/aromatic N) is 1. The normalized spacial score (nSPS) is 11.1. The number of sulfonamides is 1. The molecule has 2 aromatic rings. The lowest BCUT2D eigenvalue weighted by molar-refractivity contribution is -0.119. The lowest BCUT2D eigenvalue weighted by Gasteiger charge is -2.24. The van der Waals surface area contributed by atoms with Gasteiger partial charge in [-0.25, -0.2) is 8.42 Å². The van der Waals surface area contributed by atoms with Crippen LogP contribution in [0.15, 0.2) is 53.4 Å². The van der Waals surface area contributed by atoms with Crippen LogP contribution in [0.1, 0.15) is 32.3 Å². The molecule has 0 radical (unpaired) electrons. The number of unbranched alkanes of at least 4 members (excludes halogenated alkanes) is 1. The zero-order valence-corrected chi connectivity index (χ0v) is 17.5. The highest BCUT2D eigenvalue weighted by molar-refractivity contribution is 7.92. The van der Waals surface area contributed by atoms with Crippen LogP contribution in [-0.4, -0.2) is 34.0 Å². The summed E-state index contributed by atoms with van der Waals surface area (Å²) in [5.41, 5.74) is 1.37. The molecule has 2 rings (SSSR count). The topological polar surface area (TPSA) is 75.7 Å². The molecule has 1 N–H and O–H groups in total. The van der Waals surface area contributed by atoms with E-state index < -0.39 is 10.0 Å². The van der Waals surface area contributed by atoms with Gasteiger partial charge in [0.05, 0.1) is 17.2 Å². The Morgan fingerprint density at radius 3 is 2.25 bits per heavy atom. The van der Waals surface area contributed by atoms with Crippen molar-refractivity contribution >= 4 is 21.6 Å². The molecule has 0 spiro atoms. The highest BCUT2D eigenvalue weighted by Crippen LogP contribution is 2.26. The number of benzene rings is 2. The van der Waals surface area contributed by atoms with Crippen molar-refractivity contribution in [1.82, 2.24) is 5.32 Å². The third-order valence-corrected chi connectivity index (χ3v) is 5.97. The van der Waals surface area contributed by atoms with Crippen LogP contribution < -0.4 is 14.4 Å². The molecule has 152 valence electrons. The number of carbonyl (C=O) groups is 1. The van der Waals surface area contributed by atoms with Crippen molar-refractivity contribution in [2.24, 2.45) is 0 Å². The van der Waals surface area contributed by atoms with E-state index in [1.54, 1.807) is 48.5 Å². The second-order valence-corrected chi connectivity index (χ2v) is 8.32. The molecule has 1 amide bonds. The number of hydrogen-bond acceptors (Lipinski definition) is 4. The molecule has 0 aliphatic carbocycles. The number of anilines is 1. The van der Waals surface area contributed by atoms with E-state index in [1.165, 1.54) is 0 Å². The van der Waals surface area contributed by atoms with E-state index in [4.69, 9.17) is 4.74 Å². The quantitative estimate of drug-likeness (QED) is 0.615. The van der Waals surface area contributed by atoms with Gasteiger partial charge in [-0.3, -0.25) is 9.10 Å². The smallest absolute Gasteiger partial charge is 0.264 e. The molecule has 7 heteroatoms. The Bertz CT molecular complexity index is 862. The van der Waals surface area contributed by atoms with Crippen molar-refractivity contribution in [2.75, 3.05) is 24.0 Å². The lowest BCUT2D eigenvalue weighted by Crippen LogP contribution is -2.41. The monoisotopic (exact) mass is 404 g/mol. The minimum Gasteiger partial charge on any atom is -0.494 e. The van der Waals surface area contributed by atoms with Gasteiger partial charge in [0.1, 0.15) is 12.3 Å². The van der Waals surface area contributed by atoms with Crippen LogP contribution >= 0.6 is 0 Å². The summed E-state index contributed by atoms with van der Waals surface area (Å²) in [4.78, 5) is 12.5. The third kappa shape index (κ3) is 5.73. The maximum absolute atomic E-state index is 13.2. The minimum absolute atomic E-state index is 0.147. The molecule has 0 atom stereocenters. The average molecular weight is 405 g/mol. The molecule has 0 aromatic heterocycles. The summed E-state index contributed by atoms with van der Waals surface area (Å²) in [5, 5.41) is 2.78. The van der Waals surface area contributed by atoms with E-state index in [0.717, 1.165) is 22.7 Å². The number of rotatable bonds is 10. The predicted molar refractivity (Wildman–Crippen MR) is 111 cm³/mol. The van der Waals surface area contributed by atoms with E-state index in [1.807, 2.05) is 20.8 Å².